The number of fused-ring (bicyclic) bond motifs is 1. The Labute approximate surface area is 126 Å². The zero-order valence-electron chi connectivity index (χ0n) is 11.2. The monoisotopic (exact) mass is 338 g/mol. The first-order valence-electron chi connectivity index (χ1n) is 7.07. The average Bonchev–Trinajstić information content (AvgIpc) is 2.80. The zero-order valence-corrected chi connectivity index (χ0v) is 13.6. The van der Waals surface area contributed by atoms with Crippen molar-refractivity contribution in [2.45, 2.75) is 45.1 Å². The molecular formula is C15H19BrN2S. The molecule has 1 aliphatic carbocycles. The first-order valence-corrected chi connectivity index (χ1v) is 8.68. The summed E-state index contributed by atoms with van der Waals surface area (Å²) in [6.45, 7) is 2.31. The third-order valence-corrected chi connectivity index (χ3v) is 5.50. The van der Waals surface area contributed by atoms with Crippen molar-refractivity contribution in [2.24, 2.45) is 5.92 Å². The number of hydrogen-bond donors (Lipinski definition) is 1. The van der Waals surface area contributed by atoms with E-state index in [0.29, 0.717) is 6.04 Å². The predicted octanol–water partition coefficient (Wildman–Crippen LogP) is 5.44. The highest BCUT2D eigenvalue weighted by Gasteiger charge is 2.21. The molecule has 1 aromatic carbocycles. The molecule has 0 bridgehead atoms. The maximum atomic E-state index is 4.70. The highest BCUT2D eigenvalue weighted by atomic mass is 79.9. The maximum absolute atomic E-state index is 4.70. The van der Waals surface area contributed by atoms with Crippen LogP contribution in [-0.2, 0) is 0 Å². The van der Waals surface area contributed by atoms with Gasteiger partial charge in [0.05, 0.1) is 10.2 Å². The molecule has 4 heteroatoms. The van der Waals surface area contributed by atoms with Crippen LogP contribution in [0.25, 0.3) is 10.2 Å². The summed E-state index contributed by atoms with van der Waals surface area (Å²) >= 11 is 5.27. The zero-order chi connectivity index (χ0) is 13.2. The van der Waals surface area contributed by atoms with Gasteiger partial charge in [-0.2, -0.15) is 0 Å². The summed E-state index contributed by atoms with van der Waals surface area (Å²) in [4.78, 5) is 4.70. The summed E-state index contributed by atoms with van der Waals surface area (Å²) in [7, 11) is 0. The minimum absolute atomic E-state index is 0.614. The van der Waals surface area contributed by atoms with E-state index in [0.717, 1.165) is 21.0 Å². The molecule has 1 aromatic heterocycles. The third kappa shape index (κ3) is 3.11. The Morgan fingerprint density at radius 2 is 2.32 bits per heavy atom. The lowest BCUT2D eigenvalue weighted by Gasteiger charge is -2.28. The van der Waals surface area contributed by atoms with Gasteiger partial charge in [-0.1, -0.05) is 53.5 Å². The fourth-order valence-electron chi connectivity index (χ4n) is 2.93. The van der Waals surface area contributed by atoms with Gasteiger partial charge in [0.15, 0.2) is 5.13 Å². The molecule has 2 aromatic rings. The van der Waals surface area contributed by atoms with Gasteiger partial charge < -0.3 is 5.32 Å². The molecule has 1 fully saturated rings. The van der Waals surface area contributed by atoms with Crippen LogP contribution in [0.5, 0.6) is 0 Å². The smallest absolute Gasteiger partial charge is 0.184 e. The van der Waals surface area contributed by atoms with Crippen molar-refractivity contribution in [1.29, 1.82) is 0 Å². The lowest BCUT2D eigenvalue weighted by Crippen LogP contribution is -2.26. The SMILES string of the molecule is CCC1CCCC(Nc2nc3cc(Br)ccc3s2)C1. The van der Waals surface area contributed by atoms with Gasteiger partial charge in [-0.3, -0.25) is 0 Å². The average molecular weight is 339 g/mol. The summed E-state index contributed by atoms with van der Waals surface area (Å²) in [5, 5.41) is 4.72. The normalized spacial score (nSPS) is 23.7. The third-order valence-electron chi connectivity index (χ3n) is 4.04. The van der Waals surface area contributed by atoms with Crippen molar-refractivity contribution < 1.29 is 0 Å². The van der Waals surface area contributed by atoms with Crippen LogP contribution in [-0.4, -0.2) is 11.0 Å². The Morgan fingerprint density at radius 1 is 1.42 bits per heavy atom. The first kappa shape index (κ1) is 13.4. The van der Waals surface area contributed by atoms with Gasteiger partial charge in [-0.25, -0.2) is 4.98 Å². The van der Waals surface area contributed by atoms with E-state index in [-0.39, 0.29) is 0 Å². The number of halogens is 1. The number of hydrogen-bond acceptors (Lipinski definition) is 3. The van der Waals surface area contributed by atoms with Crippen molar-refractivity contribution in [1.82, 2.24) is 4.98 Å². The Hall–Kier alpha value is -0.610. The van der Waals surface area contributed by atoms with E-state index in [4.69, 9.17) is 4.98 Å². The van der Waals surface area contributed by atoms with Crippen LogP contribution in [0.2, 0.25) is 0 Å². The highest BCUT2D eigenvalue weighted by molar-refractivity contribution is 9.10. The summed E-state index contributed by atoms with van der Waals surface area (Å²) < 4.78 is 2.36. The Morgan fingerprint density at radius 3 is 3.16 bits per heavy atom. The molecule has 1 saturated carbocycles. The van der Waals surface area contributed by atoms with Crippen LogP contribution in [0.15, 0.2) is 22.7 Å². The number of benzene rings is 1. The van der Waals surface area contributed by atoms with Crippen LogP contribution in [0.1, 0.15) is 39.0 Å². The summed E-state index contributed by atoms with van der Waals surface area (Å²) in [6, 6.07) is 6.92. The molecule has 19 heavy (non-hydrogen) atoms. The lowest BCUT2D eigenvalue weighted by atomic mass is 9.84. The molecule has 3 rings (SSSR count). The molecular weight excluding hydrogens is 320 g/mol. The molecule has 0 amide bonds. The van der Waals surface area contributed by atoms with Crippen LogP contribution in [0.3, 0.4) is 0 Å². The fourth-order valence-corrected chi connectivity index (χ4v) is 4.20. The molecule has 0 aliphatic heterocycles. The molecule has 1 heterocycles. The Balaban J connectivity index is 1.74. The van der Waals surface area contributed by atoms with Crippen LogP contribution >= 0.6 is 27.3 Å². The predicted molar refractivity (Wildman–Crippen MR) is 87.0 cm³/mol. The van der Waals surface area contributed by atoms with E-state index in [2.05, 4.69) is 46.4 Å². The van der Waals surface area contributed by atoms with Crippen LogP contribution < -0.4 is 5.32 Å². The van der Waals surface area contributed by atoms with Gasteiger partial charge in [-0.05, 0) is 37.0 Å². The molecule has 0 saturated heterocycles. The number of rotatable bonds is 3. The maximum Gasteiger partial charge on any atom is 0.184 e. The Bertz CT molecular complexity index is 566. The minimum Gasteiger partial charge on any atom is -0.359 e. The van der Waals surface area contributed by atoms with Crippen molar-refractivity contribution >= 4 is 42.6 Å². The van der Waals surface area contributed by atoms with E-state index in [1.165, 1.54) is 36.8 Å². The number of nitrogens with one attached hydrogen (secondary N) is 1. The molecule has 1 N–H and O–H groups in total. The number of anilines is 1. The summed E-state index contributed by atoms with van der Waals surface area (Å²) in [6.07, 6.45) is 6.66. The summed E-state index contributed by atoms with van der Waals surface area (Å²) in [5.74, 6) is 0.898. The van der Waals surface area contributed by atoms with Crippen molar-refractivity contribution in [2.75, 3.05) is 5.32 Å². The van der Waals surface area contributed by atoms with Gasteiger partial charge in [-0.15, -0.1) is 0 Å². The molecule has 0 spiro atoms. The topological polar surface area (TPSA) is 24.9 Å². The number of nitrogens with zero attached hydrogens (tertiary/aromatic N) is 1. The van der Waals surface area contributed by atoms with Crippen molar-refractivity contribution in [3.8, 4) is 0 Å². The van der Waals surface area contributed by atoms with Gasteiger partial charge >= 0.3 is 0 Å². The van der Waals surface area contributed by atoms with Gasteiger partial charge in [0.1, 0.15) is 0 Å². The number of thiazole rings is 1. The quantitative estimate of drug-likeness (QED) is 0.805. The second-order valence-corrected chi connectivity index (χ2v) is 7.36. The molecule has 2 unspecified atom stereocenters. The van der Waals surface area contributed by atoms with E-state index in [1.807, 2.05) is 0 Å². The minimum atomic E-state index is 0.614. The highest BCUT2D eigenvalue weighted by Crippen LogP contribution is 2.32. The largest absolute Gasteiger partial charge is 0.359 e. The first-order chi connectivity index (χ1) is 9.24. The molecule has 2 nitrogen and oxygen atoms in total. The van der Waals surface area contributed by atoms with E-state index >= 15 is 0 Å². The van der Waals surface area contributed by atoms with Gasteiger partial charge in [0, 0.05) is 10.5 Å². The molecule has 0 radical (unpaired) electrons. The van der Waals surface area contributed by atoms with E-state index in [1.54, 1.807) is 11.3 Å². The molecule has 102 valence electrons. The molecule has 1 aliphatic rings. The van der Waals surface area contributed by atoms with E-state index < -0.39 is 0 Å². The lowest BCUT2D eigenvalue weighted by molar-refractivity contribution is 0.327. The standard InChI is InChI=1S/C15H19BrN2S/c1-2-10-4-3-5-12(8-10)17-15-18-13-9-11(16)6-7-14(13)19-15/h6-7,9-10,12H,2-5,8H2,1H3,(H,17,18). The summed E-state index contributed by atoms with van der Waals surface area (Å²) in [5.41, 5.74) is 1.09. The van der Waals surface area contributed by atoms with Crippen LogP contribution in [0.4, 0.5) is 5.13 Å². The molecule has 2 atom stereocenters. The number of aromatic nitrogens is 1. The Kier molecular flexibility index (Phi) is 4.08. The second kappa shape index (κ2) is 5.80. The van der Waals surface area contributed by atoms with Gasteiger partial charge in [0.25, 0.3) is 0 Å². The second-order valence-electron chi connectivity index (χ2n) is 5.41. The van der Waals surface area contributed by atoms with Crippen LogP contribution in [0, 0.1) is 5.92 Å². The van der Waals surface area contributed by atoms with Crippen molar-refractivity contribution in [3.63, 3.8) is 0 Å². The van der Waals surface area contributed by atoms with Crippen molar-refractivity contribution in [3.05, 3.63) is 22.7 Å². The fraction of sp³-hybridized carbons (Fsp3) is 0.533. The van der Waals surface area contributed by atoms with Gasteiger partial charge in [0.2, 0.25) is 0 Å². The van der Waals surface area contributed by atoms with E-state index in [9.17, 15) is 0 Å².